The third-order valence-corrected chi connectivity index (χ3v) is 9.89. The number of benzene rings is 1. The van der Waals surface area contributed by atoms with Crippen molar-refractivity contribution in [2.45, 2.75) is 76.3 Å². The standard InChI is InChI=1S/C31H41N5O5Si/c1-42(2,3)15-14-40-21-35-25(11-12-30(35)38)20-41-29-17-27-23(16-28(29)33-31(39)26-6-4-5-13-32-26)18-36(34-27)24-9-7-22(19-37)8-10-24/h4-6,13,16-19,22,24-25H,7-12,14-15,20-21H2,1-3H3,(H,33,39)/t22-,24-,25-/m0/s1. The van der Waals surface area contributed by atoms with Crippen molar-refractivity contribution in [3.63, 3.8) is 0 Å². The lowest BCUT2D eigenvalue weighted by Crippen LogP contribution is -2.39. The van der Waals surface area contributed by atoms with Gasteiger partial charge < -0.3 is 24.5 Å². The molecule has 0 unspecified atom stereocenters. The number of hydrogen-bond acceptors (Lipinski definition) is 7. The Bertz CT molecular complexity index is 1400. The molecule has 3 heterocycles. The number of nitrogens with one attached hydrogen (secondary N) is 1. The molecule has 1 saturated carbocycles. The van der Waals surface area contributed by atoms with Crippen LogP contribution in [-0.4, -0.2) is 71.8 Å². The van der Waals surface area contributed by atoms with E-state index in [1.54, 1.807) is 29.3 Å². The van der Waals surface area contributed by atoms with Gasteiger partial charge >= 0.3 is 0 Å². The van der Waals surface area contributed by atoms with Crippen LogP contribution in [0.4, 0.5) is 5.69 Å². The Hall–Kier alpha value is -3.57. The topological polar surface area (TPSA) is 116 Å². The number of aldehydes is 1. The van der Waals surface area contributed by atoms with E-state index in [2.05, 4.69) is 29.9 Å². The minimum Gasteiger partial charge on any atom is -0.489 e. The summed E-state index contributed by atoms with van der Waals surface area (Å²) in [4.78, 5) is 42.8. The van der Waals surface area contributed by atoms with Crippen LogP contribution in [0.2, 0.25) is 25.7 Å². The number of pyridine rings is 1. The Labute approximate surface area is 247 Å². The normalized spacial score (nSPS) is 21.1. The third kappa shape index (κ3) is 7.43. The fourth-order valence-electron chi connectivity index (χ4n) is 5.53. The molecular weight excluding hydrogens is 550 g/mol. The number of amides is 2. The van der Waals surface area contributed by atoms with Crippen molar-refractivity contribution in [3.8, 4) is 5.75 Å². The third-order valence-electron chi connectivity index (χ3n) is 8.19. The summed E-state index contributed by atoms with van der Waals surface area (Å²) in [7, 11) is -1.22. The average Bonchev–Trinajstić information content (AvgIpc) is 3.56. The van der Waals surface area contributed by atoms with E-state index in [4.69, 9.17) is 14.6 Å². The van der Waals surface area contributed by atoms with Crippen molar-refractivity contribution >= 4 is 42.8 Å². The first-order valence-corrected chi connectivity index (χ1v) is 18.6. The number of rotatable bonds is 12. The molecule has 2 amide bonds. The van der Waals surface area contributed by atoms with Crippen molar-refractivity contribution in [1.29, 1.82) is 0 Å². The largest absolute Gasteiger partial charge is 0.489 e. The van der Waals surface area contributed by atoms with Gasteiger partial charge in [-0.15, -0.1) is 0 Å². The van der Waals surface area contributed by atoms with Gasteiger partial charge in [0.1, 0.15) is 31.1 Å². The molecule has 1 N–H and O–H groups in total. The maximum absolute atomic E-state index is 13.0. The molecule has 224 valence electrons. The van der Waals surface area contributed by atoms with E-state index < -0.39 is 8.07 Å². The quantitative estimate of drug-likeness (QED) is 0.173. The summed E-state index contributed by atoms with van der Waals surface area (Å²) >= 11 is 0. The van der Waals surface area contributed by atoms with Gasteiger partial charge in [0.05, 0.1) is 23.3 Å². The van der Waals surface area contributed by atoms with Crippen LogP contribution in [0, 0.1) is 5.92 Å². The number of likely N-dealkylation sites (tertiary alicyclic amines) is 1. The zero-order valence-corrected chi connectivity index (χ0v) is 25.8. The average molecular weight is 592 g/mol. The highest BCUT2D eigenvalue weighted by Crippen LogP contribution is 2.35. The Balaban J connectivity index is 1.33. The van der Waals surface area contributed by atoms with Gasteiger partial charge in [-0.3, -0.25) is 19.3 Å². The van der Waals surface area contributed by atoms with Crippen molar-refractivity contribution in [2.24, 2.45) is 5.92 Å². The van der Waals surface area contributed by atoms with Gasteiger partial charge in [0.25, 0.3) is 5.91 Å². The molecule has 10 nitrogen and oxygen atoms in total. The van der Waals surface area contributed by atoms with E-state index in [1.165, 1.54) is 0 Å². The highest BCUT2D eigenvalue weighted by Gasteiger charge is 2.32. The van der Waals surface area contributed by atoms with Gasteiger partial charge in [-0.25, -0.2) is 0 Å². The lowest BCUT2D eigenvalue weighted by molar-refractivity contribution is -0.135. The number of carbonyl (C=O) groups is 3. The van der Waals surface area contributed by atoms with Crippen molar-refractivity contribution in [3.05, 3.63) is 48.4 Å². The van der Waals surface area contributed by atoms with Gasteiger partial charge in [-0.05, 0) is 56.3 Å². The molecule has 1 atom stereocenters. The number of anilines is 1. The van der Waals surface area contributed by atoms with Gasteiger partial charge in [0.15, 0.2) is 0 Å². The molecule has 1 aliphatic carbocycles. The maximum atomic E-state index is 13.0. The van der Waals surface area contributed by atoms with Gasteiger partial charge in [-0.2, -0.15) is 5.10 Å². The fraction of sp³-hybridized carbons (Fsp3) is 0.516. The van der Waals surface area contributed by atoms with E-state index in [9.17, 15) is 14.4 Å². The Morgan fingerprint density at radius 2 is 1.95 bits per heavy atom. The molecule has 0 bridgehead atoms. The van der Waals surface area contributed by atoms with Crippen LogP contribution in [-0.2, 0) is 14.3 Å². The zero-order valence-electron chi connectivity index (χ0n) is 24.8. The molecule has 0 spiro atoms. The molecule has 11 heteroatoms. The van der Waals surface area contributed by atoms with Crippen molar-refractivity contribution in [1.82, 2.24) is 19.7 Å². The summed E-state index contributed by atoms with van der Waals surface area (Å²) in [5, 5.41) is 8.69. The summed E-state index contributed by atoms with van der Waals surface area (Å²) in [5.41, 5.74) is 1.58. The number of ether oxygens (including phenoxy) is 2. The van der Waals surface area contributed by atoms with E-state index in [-0.39, 0.29) is 43.2 Å². The fourth-order valence-corrected chi connectivity index (χ4v) is 6.29. The maximum Gasteiger partial charge on any atom is 0.274 e. The summed E-state index contributed by atoms with van der Waals surface area (Å²) in [6.07, 6.45) is 9.31. The molecule has 1 saturated heterocycles. The van der Waals surface area contributed by atoms with Crippen LogP contribution in [0.3, 0.4) is 0 Å². The molecule has 1 aromatic carbocycles. The van der Waals surface area contributed by atoms with Crippen molar-refractivity contribution in [2.75, 3.05) is 25.3 Å². The zero-order chi connectivity index (χ0) is 29.7. The summed E-state index contributed by atoms with van der Waals surface area (Å²) < 4.78 is 14.2. The van der Waals surface area contributed by atoms with Crippen molar-refractivity contribution < 1.29 is 23.9 Å². The minimum absolute atomic E-state index is 0.0683. The van der Waals surface area contributed by atoms with E-state index in [0.717, 1.165) is 48.9 Å². The molecule has 5 rings (SSSR count). The second kappa shape index (κ2) is 13.2. The Kier molecular flexibility index (Phi) is 9.37. The van der Waals surface area contributed by atoms with E-state index >= 15 is 0 Å². The molecule has 3 aromatic rings. The monoisotopic (exact) mass is 591 g/mol. The summed E-state index contributed by atoms with van der Waals surface area (Å²) in [6, 6.07) is 10.1. The SMILES string of the molecule is C[Si](C)(C)CCOCN1C(=O)CC[C@H]1COc1cc2nn([C@H]3CC[C@H](C=O)CC3)cc2cc1NC(=O)c1ccccn1. The number of aromatic nitrogens is 3. The highest BCUT2D eigenvalue weighted by molar-refractivity contribution is 6.76. The van der Waals surface area contributed by atoms with Crippen LogP contribution in [0.25, 0.3) is 10.9 Å². The van der Waals surface area contributed by atoms with Gasteiger partial charge in [0, 0.05) is 50.9 Å². The molecule has 1 aliphatic heterocycles. The lowest BCUT2D eigenvalue weighted by Gasteiger charge is -2.26. The van der Waals surface area contributed by atoms with Crippen LogP contribution < -0.4 is 10.1 Å². The second-order valence-corrected chi connectivity index (χ2v) is 18.2. The van der Waals surface area contributed by atoms with Crippen LogP contribution in [0.15, 0.2) is 42.7 Å². The minimum atomic E-state index is -1.22. The number of nitrogens with zero attached hydrogens (tertiary/aromatic N) is 4. The molecule has 2 aliphatic rings. The summed E-state index contributed by atoms with van der Waals surface area (Å²) in [5.74, 6) is 0.347. The molecule has 2 aromatic heterocycles. The lowest BCUT2D eigenvalue weighted by atomic mass is 9.87. The first-order valence-electron chi connectivity index (χ1n) is 14.9. The highest BCUT2D eigenvalue weighted by atomic mass is 28.3. The number of carbonyl (C=O) groups excluding carboxylic acids is 3. The number of hydrogen-bond donors (Lipinski definition) is 1. The predicted octanol–water partition coefficient (Wildman–Crippen LogP) is 5.30. The first kappa shape index (κ1) is 29.9. The van der Waals surface area contributed by atoms with Crippen LogP contribution >= 0.6 is 0 Å². The predicted molar refractivity (Wildman–Crippen MR) is 163 cm³/mol. The first-order chi connectivity index (χ1) is 20.2. The molecule has 42 heavy (non-hydrogen) atoms. The van der Waals surface area contributed by atoms with Crippen LogP contribution in [0.1, 0.15) is 55.1 Å². The molecule has 2 fully saturated rings. The molecular formula is C31H41N5O5Si. The number of fused-ring (bicyclic) bond motifs is 1. The molecule has 0 radical (unpaired) electrons. The second-order valence-electron chi connectivity index (χ2n) is 12.6. The van der Waals surface area contributed by atoms with Gasteiger partial charge in [-0.1, -0.05) is 25.7 Å². The van der Waals surface area contributed by atoms with E-state index in [1.807, 2.05) is 23.0 Å². The van der Waals surface area contributed by atoms with Gasteiger partial charge in [0.2, 0.25) is 5.91 Å². The summed E-state index contributed by atoms with van der Waals surface area (Å²) in [6.45, 7) is 8.09. The Morgan fingerprint density at radius 3 is 2.67 bits per heavy atom. The Morgan fingerprint density at radius 1 is 1.14 bits per heavy atom. The smallest absolute Gasteiger partial charge is 0.274 e. The van der Waals surface area contributed by atoms with E-state index in [0.29, 0.717) is 36.6 Å². The van der Waals surface area contributed by atoms with Crippen LogP contribution in [0.5, 0.6) is 5.75 Å².